The number of aromatic nitrogens is 1. The summed E-state index contributed by atoms with van der Waals surface area (Å²) in [6.45, 7) is 0. The van der Waals surface area contributed by atoms with Crippen molar-refractivity contribution in [1.29, 1.82) is 0 Å². The zero-order valence-electron chi connectivity index (χ0n) is 7.95. The van der Waals surface area contributed by atoms with Gasteiger partial charge in [0, 0.05) is 16.2 Å². The highest BCUT2D eigenvalue weighted by molar-refractivity contribution is 14.1. The number of benzene rings is 1. The average Bonchev–Trinajstić information content (AvgIpc) is 2.30. The third kappa shape index (κ3) is 2.34. The van der Waals surface area contributed by atoms with Crippen molar-refractivity contribution in [2.45, 2.75) is 4.43 Å². The summed E-state index contributed by atoms with van der Waals surface area (Å²) in [5.41, 5.74) is 2.74. The van der Waals surface area contributed by atoms with E-state index < -0.39 is 0 Å². The molecule has 0 fully saturated rings. The first-order chi connectivity index (χ1) is 7.31. The minimum absolute atomic E-state index is 0.278. The van der Waals surface area contributed by atoms with Gasteiger partial charge in [0.05, 0.1) is 6.20 Å². The molecular weight excluding hydrogens is 304 g/mol. The molecule has 0 unspecified atom stereocenters. The normalized spacial score (nSPS) is 10.3. The molecule has 0 saturated carbocycles. The van der Waals surface area contributed by atoms with E-state index in [4.69, 9.17) is 0 Å². The molecule has 0 amide bonds. The highest BCUT2D eigenvalue weighted by atomic mass is 127. The molecule has 0 spiro atoms. The molecule has 0 atom stereocenters. The van der Waals surface area contributed by atoms with E-state index in [1.807, 2.05) is 24.3 Å². The molecule has 0 radical (unpaired) electrons. The van der Waals surface area contributed by atoms with Crippen LogP contribution in [0.2, 0.25) is 0 Å². The first-order valence-corrected chi connectivity index (χ1v) is 6.08. The second-order valence-electron chi connectivity index (χ2n) is 3.19. The van der Waals surface area contributed by atoms with Crippen LogP contribution in [0.15, 0.2) is 42.7 Å². The van der Waals surface area contributed by atoms with Gasteiger partial charge in [-0.3, -0.25) is 4.98 Å². The number of rotatable bonds is 2. The number of alkyl halides is 1. The Kier molecular flexibility index (Phi) is 3.30. The minimum atomic E-state index is -0.278. The molecule has 3 heteroatoms. The fraction of sp³-hybridized carbons (Fsp3) is 0.0833. The molecule has 15 heavy (non-hydrogen) atoms. The lowest BCUT2D eigenvalue weighted by molar-refractivity contribution is 0.625. The molecule has 0 bridgehead atoms. The fourth-order valence-electron chi connectivity index (χ4n) is 1.38. The lowest BCUT2D eigenvalue weighted by Crippen LogP contribution is -1.86. The van der Waals surface area contributed by atoms with Gasteiger partial charge in [0.15, 0.2) is 0 Å². The van der Waals surface area contributed by atoms with Crippen molar-refractivity contribution < 1.29 is 4.39 Å². The second-order valence-corrected chi connectivity index (χ2v) is 3.95. The molecule has 2 aromatic rings. The van der Waals surface area contributed by atoms with Gasteiger partial charge in [0.25, 0.3) is 0 Å². The van der Waals surface area contributed by atoms with Crippen LogP contribution in [0.3, 0.4) is 0 Å². The standard InChI is InChI=1S/C12H9FIN/c13-12-8-15-6-5-11(12)10-3-1-9(7-14)2-4-10/h1-6,8H,7H2. The third-order valence-electron chi connectivity index (χ3n) is 2.19. The van der Waals surface area contributed by atoms with E-state index in [0.717, 1.165) is 9.99 Å². The van der Waals surface area contributed by atoms with Gasteiger partial charge in [0.2, 0.25) is 0 Å². The Hall–Kier alpha value is -0.970. The van der Waals surface area contributed by atoms with Gasteiger partial charge in [-0.1, -0.05) is 46.9 Å². The lowest BCUT2D eigenvalue weighted by atomic mass is 10.1. The van der Waals surface area contributed by atoms with Crippen molar-refractivity contribution in [2.75, 3.05) is 0 Å². The third-order valence-corrected chi connectivity index (χ3v) is 3.07. The molecule has 76 valence electrons. The van der Waals surface area contributed by atoms with Crippen LogP contribution in [0.25, 0.3) is 11.1 Å². The number of halogens is 2. The molecule has 1 heterocycles. The predicted molar refractivity (Wildman–Crippen MR) is 67.4 cm³/mol. The molecule has 0 aliphatic rings. The smallest absolute Gasteiger partial charge is 0.149 e. The molecule has 0 aliphatic carbocycles. The molecule has 0 N–H and O–H groups in total. The maximum absolute atomic E-state index is 13.4. The van der Waals surface area contributed by atoms with Crippen LogP contribution in [-0.4, -0.2) is 4.98 Å². The summed E-state index contributed by atoms with van der Waals surface area (Å²) in [5, 5.41) is 0. The first kappa shape index (κ1) is 10.5. The molecule has 1 nitrogen and oxygen atoms in total. The van der Waals surface area contributed by atoms with Crippen LogP contribution in [-0.2, 0) is 4.43 Å². The van der Waals surface area contributed by atoms with Crippen molar-refractivity contribution in [3.63, 3.8) is 0 Å². The van der Waals surface area contributed by atoms with Crippen LogP contribution in [0, 0.1) is 5.82 Å². The molecule has 1 aromatic heterocycles. The van der Waals surface area contributed by atoms with E-state index in [9.17, 15) is 4.39 Å². The van der Waals surface area contributed by atoms with Gasteiger partial charge in [-0.05, 0) is 17.2 Å². The topological polar surface area (TPSA) is 12.9 Å². The monoisotopic (exact) mass is 313 g/mol. The zero-order valence-corrected chi connectivity index (χ0v) is 10.1. The van der Waals surface area contributed by atoms with Crippen LogP contribution < -0.4 is 0 Å². The number of nitrogens with zero attached hydrogens (tertiary/aromatic N) is 1. The lowest BCUT2D eigenvalue weighted by Gasteiger charge is -2.03. The van der Waals surface area contributed by atoms with E-state index >= 15 is 0 Å². The van der Waals surface area contributed by atoms with Gasteiger partial charge in [-0.25, -0.2) is 4.39 Å². The predicted octanol–water partition coefficient (Wildman–Crippen LogP) is 3.82. The van der Waals surface area contributed by atoms with Gasteiger partial charge in [0.1, 0.15) is 5.82 Å². The van der Waals surface area contributed by atoms with Crippen molar-refractivity contribution in [1.82, 2.24) is 4.98 Å². The summed E-state index contributed by atoms with van der Waals surface area (Å²) < 4.78 is 14.4. The van der Waals surface area contributed by atoms with Crippen LogP contribution in [0.1, 0.15) is 5.56 Å². The summed E-state index contributed by atoms with van der Waals surface area (Å²) in [6, 6.07) is 9.59. The Morgan fingerprint density at radius 2 is 1.87 bits per heavy atom. The Bertz CT molecular complexity index is 453. The number of hydrogen-bond acceptors (Lipinski definition) is 1. The fourth-order valence-corrected chi connectivity index (χ4v) is 1.89. The summed E-state index contributed by atoms with van der Waals surface area (Å²) in [5.74, 6) is -0.278. The van der Waals surface area contributed by atoms with E-state index in [1.165, 1.54) is 11.8 Å². The Morgan fingerprint density at radius 3 is 2.47 bits per heavy atom. The van der Waals surface area contributed by atoms with Crippen molar-refractivity contribution in [3.05, 3.63) is 54.1 Å². The van der Waals surface area contributed by atoms with E-state index in [2.05, 4.69) is 27.6 Å². The van der Waals surface area contributed by atoms with Gasteiger partial charge >= 0.3 is 0 Å². The van der Waals surface area contributed by atoms with Gasteiger partial charge in [-0.15, -0.1) is 0 Å². The summed E-state index contributed by atoms with van der Waals surface area (Å²) in [4.78, 5) is 3.73. The van der Waals surface area contributed by atoms with Gasteiger partial charge in [-0.2, -0.15) is 0 Å². The van der Waals surface area contributed by atoms with E-state index in [1.54, 1.807) is 12.3 Å². The van der Waals surface area contributed by atoms with Crippen molar-refractivity contribution >= 4 is 22.6 Å². The van der Waals surface area contributed by atoms with Crippen LogP contribution >= 0.6 is 22.6 Å². The maximum atomic E-state index is 13.4. The molecule has 2 rings (SSSR count). The van der Waals surface area contributed by atoms with E-state index in [-0.39, 0.29) is 5.82 Å². The number of pyridine rings is 1. The first-order valence-electron chi connectivity index (χ1n) is 4.56. The number of hydrogen-bond donors (Lipinski definition) is 0. The largest absolute Gasteiger partial charge is 0.262 e. The Labute approximate surface area is 102 Å². The van der Waals surface area contributed by atoms with Gasteiger partial charge < -0.3 is 0 Å². The quantitative estimate of drug-likeness (QED) is 0.607. The van der Waals surface area contributed by atoms with Crippen LogP contribution in [0.5, 0.6) is 0 Å². The van der Waals surface area contributed by atoms with Crippen molar-refractivity contribution in [2.24, 2.45) is 0 Å². The maximum Gasteiger partial charge on any atom is 0.149 e. The summed E-state index contributed by atoms with van der Waals surface area (Å²) >= 11 is 2.30. The van der Waals surface area contributed by atoms with E-state index in [0.29, 0.717) is 5.56 Å². The second kappa shape index (κ2) is 4.70. The Balaban J connectivity index is 2.42. The molecule has 0 saturated heterocycles. The van der Waals surface area contributed by atoms with Crippen LogP contribution in [0.4, 0.5) is 4.39 Å². The summed E-state index contributed by atoms with van der Waals surface area (Å²) in [6.07, 6.45) is 2.84. The minimum Gasteiger partial charge on any atom is -0.262 e. The highest BCUT2D eigenvalue weighted by Crippen LogP contribution is 2.22. The molecule has 1 aromatic carbocycles. The molecular formula is C12H9FIN. The zero-order chi connectivity index (χ0) is 10.7. The summed E-state index contributed by atoms with van der Waals surface area (Å²) in [7, 11) is 0. The SMILES string of the molecule is Fc1cnccc1-c1ccc(CI)cc1. The Morgan fingerprint density at radius 1 is 1.13 bits per heavy atom. The van der Waals surface area contributed by atoms with Crippen molar-refractivity contribution in [3.8, 4) is 11.1 Å². The average molecular weight is 313 g/mol. The highest BCUT2D eigenvalue weighted by Gasteiger charge is 2.03. The molecule has 0 aliphatic heterocycles.